The van der Waals surface area contributed by atoms with Gasteiger partial charge in [-0.15, -0.1) is 0 Å². The van der Waals surface area contributed by atoms with Crippen molar-refractivity contribution in [1.29, 1.82) is 0 Å². The Morgan fingerprint density at radius 2 is 1.79 bits per heavy atom. The maximum atomic E-state index is 11.3. The van der Waals surface area contributed by atoms with E-state index in [0.717, 1.165) is 23.4 Å². The van der Waals surface area contributed by atoms with E-state index in [1.54, 1.807) is 6.92 Å². The Morgan fingerprint density at radius 3 is 2.29 bits per heavy atom. The summed E-state index contributed by atoms with van der Waals surface area (Å²) in [5.74, 6) is 0.0891. The van der Waals surface area contributed by atoms with Gasteiger partial charge in [-0.3, -0.25) is 9.79 Å². The molecule has 2 heteroatoms. The van der Waals surface area contributed by atoms with Crippen molar-refractivity contribution in [3.8, 4) is 0 Å². The lowest BCUT2D eigenvalue weighted by molar-refractivity contribution is 0.101. The first-order chi connectivity index (χ1) is 6.66. The summed E-state index contributed by atoms with van der Waals surface area (Å²) in [7, 11) is 0. The van der Waals surface area contributed by atoms with E-state index in [0.29, 0.717) is 0 Å². The fourth-order valence-corrected chi connectivity index (χ4v) is 1.43. The second kappa shape index (κ2) is 4.70. The zero-order chi connectivity index (χ0) is 10.6. The van der Waals surface area contributed by atoms with E-state index in [4.69, 9.17) is 0 Å². The van der Waals surface area contributed by atoms with Crippen molar-refractivity contribution in [3.05, 3.63) is 35.4 Å². The zero-order valence-electron chi connectivity index (χ0n) is 8.87. The molecule has 0 amide bonds. The lowest BCUT2D eigenvalue weighted by atomic mass is 10.0. The summed E-state index contributed by atoms with van der Waals surface area (Å²) in [6, 6.07) is 7.58. The van der Waals surface area contributed by atoms with E-state index in [2.05, 4.69) is 4.99 Å². The zero-order valence-corrected chi connectivity index (χ0v) is 8.87. The summed E-state index contributed by atoms with van der Waals surface area (Å²) >= 11 is 0. The van der Waals surface area contributed by atoms with E-state index in [9.17, 15) is 4.79 Å². The van der Waals surface area contributed by atoms with Crippen molar-refractivity contribution < 1.29 is 4.79 Å². The number of ketones is 1. The standard InChI is InChI=1S/C12H15NO/c1-4-13-9(2)11-7-5-6-8-12(11)10(3)14/h5-8H,4H2,1-3H3. The molecule has 0 aliphatic heterocycles. The van der Waals surface area contributed by atoms with Gasteiger partial charge >= 0.3 is 0 Å². The minimum absolute atomic E-state index is 0.0891. The molecular formula is C12H15NO. The van der Waals surface area contributed by atoms with Crippen molar-refractivity contribution in [2.45, 2.75) is 20.8 Å². The normalized spacial score (nSPS) is 11.5. The van der Waals surface area contributed by atoms with Crippen LogP contribution in [0.15, 0.2) is 29.3 Å². The third-order valence-corrected chi connectivity index (χ3v) is 2.09. The van der Waals surface area contributed by atoms with Gasteiger partial charge in [0.05, 0.1) is 0 Å². The van der Waals surface area contributed by atoms with Crippen LogP contribution in [0, 0.1) is 0 Å². The van der Waals surface area contributed by atoms with Crippen LogP contribution in [0.2, 0.25) is 0 Å². The number of Topliss-reactive ketones (excluding diaryl/α,β-unsaturated/α-hetero) is 1. The van der Waals surface area contributed by atoms with Crippen molar-refractivity contribution >= 4 is 11.5 Å². The number of carbonyl (C=O) groups is 1. The topological polar surface area (TPSA) is 29.4 Å². The van der Waals surface area contributed by atoms with Crippen LogP contribution in [-0.4, -0.2) is 18.0 Å². The van der Waals surface area contributed by atoms with Crippen molar-refractivity contribution in [2.24, 2.45) is 4.99 Å². The molecule has 0 atom stereocenters. The molecule has 0 aromatic heterocycles. The van der Waals surface area contributed by atoms with E-state index >= 15 is 0 Å². The second-order valence-corrected chi connectivity index (χ2v) is 3.16. The molecule has 0 heterocycles. The van der Waals surface area contributed by atoms with Crippen LogP contribution in [0.1, 0.15) is 36.7 Å². The molecule has 0 unspecified atom stereocenters. The van der Waals surface area contributed by atoms with Crippen LogP contribution in [0.4, 0.5) is 0 Å². The van der Waals surface area contributed by atoms with E-state index in [1.165, 1.54) is 0 Å². The summed E-state index contributed by atoms with van der Waals surface area (Å²) in [6.07, 6.45) is 0. The SMILES string of the molecule is CCN=C(C)c1ccccc1C(C)=O. The fourth-order valence-electron chi connectivity index (χ4n) is 1.43. The molecule has 0 aliphatic rings. The van der Waals surface area contributed by atoms with Gasteiger partial charge in [0.25, 0.3) is 0 Å². The Bertz CT molecular complexity index is 366. The maximum absolute atomic E-state index is 11.3. The summed E-state index contributed by atoms with van der Waals surface area (Å²) < 4.78 is 0. The first-order valence-electron chi connectivity index (χ1n) is 4.78. The Kier molecular flexibility index (Phi) is 3.57. The molecule has 1 aromatic rings. The highest BCUT2D eigenvalue weighted by Gasteiger charge is 2.07. The Hall–Kier alpha value is -1.44. The smallest absolute Gasteiger partial charge is 0.160 e. The molecular weight excluding hydrogens is 174 g/mol. The highest BCUT2D eigenvalue weighted by Crippen LogP contribution is 2.10. The number of rotatable bonds is 3. The van der Waals surface area contributed by atoms with Crippen LogP contribution in [0.25, 0.3) is 0 Å². The minimum atomic E-state index is 0.0891. The Labute approximate surface area is 84.7 Å². The monoisotopic (exact) mass is 189 g/mol. The molecule has 0 bridgehead atoms. The lowest BCUT2D eigenvalue weighted by Gasteiger charge is -2.05. The van der Waals surface area contributed by atoms with E-state index in [1.807, 2.05) is 38.1 Å². The first-order valence-corrected chi connectivity index (χ1v) is 4.78. The second-order valence-electron chi connectivity index (χ2n) is 3.16. The molecule has 0 aliphatic carbocycles. The third kappa shape index (κ3) is 2.28. The minimum Gasteiger partial charge on any atom is -0.294 e. The van der Waals surface area contributed by atoms with Gasteiger partial charge in [-0.1, -0.05) is 24.3 Å². The summed E-state index contributed by atoms with van der Waals surface area (Å²) in [5.41, 5.74) is 2.63. The van der Waals surface area contributed by atoms with Crippen molar-refractivity contribution in [3.63, 3.8) is 0 Å². The molecule has 0 saturated heterocycles. The Balaban J connectivity index is 3.20. The van der Waals surface area contributed by atoms with Crippen molar-refractivity contribution in [2.75, 3.05) is 6.54 Å². The van der Waals surface area contributed by atoms with Gasteiger partial charge in [-0.05, 0) is 20.8 Å². The highest BCUT2D eigenvalue weighted by atomic mass is 16.1. The van der Waals surface area contributed by atoms with Gasteiger partial charge in [0, 0.05) is 23.4 Å². The van der Waals surface area contributed by atoms with Crippen LogP contribution in [-0.2, 0) is 0 Å². The number of carbonyl (C=O) groups excluding carboxylic acids is 1. The summed E-state index contributed by atoms with van der Waals surface area (Å²) in [4.78, 5) is 15.6. The summed E-state index contributed by atoms with van der Waals surface area (Å²) in [5, 5.41) is 0. The van der Waals surface area contributed by atoms with Gasteiger partial charge in [0.1, 0.15) is 0 Å². The van der Waals surface area contributed by atoms with Crippen LogP contribution in [0.3, 0.4) is 0 Å². The number of benzene rings is 1. The van der Waals surface area contributed by atoms with Gasteiger partial charge in [-0.25, -0.2) is 0 Å². The average Bonchev–Trinajstić information content (AvgIpc) is 2.18. The lowest BCUT2D eigenvalue weighted by Crippen LogP contribution is -2.04. The van der Waals surface area contributed by atoms with Crippen molar-refractivity contribution in [1.82, 2.24) is 0 Å². The summed E-state index contributed by atoms with van der Waals surface area (Å²) in [6.45, 7) is 6.25. The van der Waals surface area contributed by atoms with Gasteiger partial charge in [0.2, 0.25) is 0 Å². The quantitative estimate of drug-likeness (QED) is 0.531. The predicted octanol–water partition coefficient (Wildman–Crippen LogP) is 2.72. The molecule has 1 rings (SSSR count). The molecule has 2 nitrogen and oxygen atoms in total. The molecule has 0 radical (unpaired) electrons. The van der Waals surface area contributed by atoms with Gasteiger partial charge in [0.15, 0.2) is 5.78 Å². The van der Waals surface area contributed by atoms with Crippen LogP contribution in [0.5, 0.6) is 0 Å². The fraction of sp³-hybridized carbons (Fsp3) is 0.333. The molecule has 0 saturated carbocycles. The molecule has 0 N–H and O–H groups in total. The van der Waals surface area contributed by atoms with Crippen LogP contribution < -0.4 is 0 Å². The van der Waals surface area contributed by atoms with E-state index < -0.39 is 0 Å². The Morgan fingerprint density at radius 1 is 1.21 bits per heavy atom. The van der Waals surface area contributed by atoms with Gasteiger partial charge < -0.3 is 0 Å². The maximum Gasteiger partial charge on any atom is 0.160 e. The first kappa shape index (κ1) is 10.6. The molecule has 1 aromatic carbocycles. The van der Waals surface area contributed by atoms with E-state index in [-0.39, 0.29) is 5.78 Å². The number of aliphatic imine (C=N–C) groups is 1. The highest BCUT2D eigenvalue weighted by molar-refractivity contribution is 6.09. The number of hydrogen-bond acceptors (Lipinski definition) is 2. The number of nitrogens with zero attached hydrogens (tertiary/aromatic N) is 1. The third-order valence-electron chi connectivity index (χ3n) is 2.09. The van der Waals surface area contributed by atoms with Crippen LogP contribution >= 0.6 is 0 Å². The largest absolute Gasteiger partial charge is 0.294 e. The van der Waals surface area contributed by atoms with Gasteiger partial charge in [-0.2, -0.15) is 0 Å². The molecule has 14 heavy (non-hydrogen) atoms. The molecule has 0 fully saturated rings. The average molecular weight is 189 g/mol. The molecule has 74 valence electrons. The molecule has 0 spiro atoms. The number of hydrogen-bond donors (Lipinski definition) is 0. The predicted molar refractivity (Wildman–Crippen MR) is 59.2 cm³/mol.